The molecular formula is C19H19N7. The van der Waals surface area contributed by atoms with Crippen LogP contribution in [0.15, 0.2) is 46.7 Å². The number of pyridine rings is 2. The van der Waals surface area contributed by atoms with Gasteiger partial charge in [-0.15, -0.1) is 0 Å². The largest absolute Gasteiger partial charge is 0.384 e. The fourth-order valence-corrected chi connectivity index (χ4v) is 2.77. The Morgan fingerprint density at radius 1 is 1.27 bits per heavy atom. The first kappa shape index (κ1) is 17.3. The highest BCUT2D eigenvalue weighted by Gasteiger charge is 2.18. The highest BCUT2D eigenvalue weighted by molar-refractivity contribution is 5.86. The summed E-state index contributed by atoms with van der Waals surface area (Å²) in [5.74, 6) is 1.18. The number of rotatable bonds is 5. The Bertz CT molecular complexity index is 885. The van der Waals surface area contributed by atoms with Gasteiger partial charge in [0.15, 0.2) is 0 Å². The number of aliphatic imine (C=N–C) groups is 2. The first-order valence-corrected chi connectivity index (χ1v) is 8.29. The molecule has 0 bridgehead atoms. The van der Waals surface area contributed by atoms with E-state index in [4.69, 9.17) is 5.73 Å². The maximum Gasteiger partial charge on any atom is 0.146 e. The molecule has 0 radical (unpaired) electrons. The summed E-state index contributed by atoms with van der Waals surface area (Å²) >= 11 is 0. The number of nitriles is 1. The Morgan fingerprint density at radius 2 is 2.08 bits per heavy atom. The van der Waals surface area contributed by atoms with Crippen molar-refractivity contribution in [3.63, 3.8) is 0 Å². The van der Waals surface area contributed by atoms with Crippen molar-refractivity contribution in [2.24, 2.45) is 9.98 Å². The molecule has 0 atom stereocenters. The van der Waals surface area contributed by atoms with Crippen LogP contribution < -0.4 is 10.6 Å². The van der Waals surface area contributed by atoms with Crippen molar-refractivity contribution >= 4 is 36.0 Å². The van der Waals surface area contributed by atoms with Gasteiger partial charge in [-0.3, -0.25) is 9.98 Å². The van der Waals surface area contributed by atoms with Crippen LogP contribution in [0.3, 0.4) is 0 Å². The van der Waals surface area contributed by atoms with Crippen LogP contribution in [0, 0.1) is 11.3 Å². The van der Waals surface area contributed by atoms with Crippen molar-refractivity contribution in [2.75, 3.05) is 23.7 Å². The normalized spacial score (nSPS) is 14.6. The Hall–Kier alpha value is -3.53. The number of hydrogen-bond donors (Lipinski definition) is 1. The third-order valence-corrected chi connectivity index (χ3v) is 4.09. The molecule has 2 aromatic heterocycles. The van der Waals surface area contributed by atoms with E-state index >= 15 is 0 Å². The van der Waals surface area contributed by atoms with E-state index in [-0.39, 0.29) is 0 Å². The minimum atomic E-state index is 0.445. The summed E-state index contributed by atoms with van der Waals surface area (Å²) in [7, 11) is 0. The highest BCUT2D eigenvalue weighted by Crippen LogP contribution is 2.25. The number of nitrogens with zero attached hydrogens (tertiary/aromatic N) is 6. The third-order valence-electron chi connectivity index (χ3n) is 4.09. The summed E-state index contributed by atoms with van der Waals surface area (Å²) in [6, 6.07) is 7.48. The highest BCUT2D eigenvalue weighted by atomic mass is 15.2. The van der Waals surface area contributed by atoms with Crippen molar-refractivity contribution in [3.8, 4) is 6.07 Å². The quantitative estimate of drug-likeness (QED) is 0.839. The Morgan fingerprint density at radius 3 is 2.73 bits per heavy atom. The molecule has 2 aromatic rings. The summed E-state index contributed by atoms with van der Waals surface area (Å²) in [4.78, 5) is 18.9. The van der Waals surface area contributed by atoms with E-state index < -0.39 is 0 Å². The molecule has 0 aromatic carbocycles. The van der Waals surface area contributed by atoms with Gasteiger partial charge < -0.3 is 10.6 Å². The van der Waals surface area contributed by atoms with E-state index in [9.17, 15) is 5.26 Å². The summed E-state index contributed by atoms with van der Waals surface area (Å²) in [6.07, 6.45) is 8.89. The number of nitrogens with two attached hydrogens (primary N) is 1. The van der Waals surface area contributed by atoms with Gasteiger partial charge in [-0.25, -0.2) is 9.97 Å². The molecule has 0 amide bonds. The molecule has 26 heavy (non-hydrogen) atoms. The second-order valence-electron chi connectivity index (χ2n) is 5.83. The van der Waals surface area contributed by atoms with Gasteiger partial charge in [0.05, 0.1) is 23.1 Å². The van der Waals surface area contributed by atoms with Crippen molar-refractivity contribution in [1.29, 1.82) is 5.26 Å². The van der Waals surface area contributed by atoms with E-state index in [2.05, 4.69) is 37.6 Å². The van der Waals surface area contributed by atoms with Gasteiger partial charge in [-0.05, 0) is 43.8 Å². The van der Waals surface area contributed by atoms with Crippen LogP contribution in [0.1, 0.15) is 24.0 Å². The third kappa shape index (κ3) is 3.92. The van der Waals surface area contributed by atoms with Gasteiger partial charge in [-0.2, -0.15) is 5.26 Å². The summed E-state index contributed by atoms with van der Waals surface area (Å²) in [6.45, 7) is 5.47. The fourth-order valence-electron chi connectivity index (χ4n) is 2.77. The molecule has 1 aliphatic rings. The monoisotopic (exact) mass is 345 g/mol. The van der Waals surface area contributed by atoms with E-state index in [0.717, 1.165) is 37.3 Å². The lowest BCUT2D eigenvalue weighted by Gasteiger charge is -2.17. The lowest BCUT2D eigenvalue weighted by atomic mass is 10.1. The van der Waals surface area contributed by atoms with Gasteiger partial charge in [0, 0.05) is 31.1 Å². The summed E-state index contributed by atoms with van der Waals surface area (Å²) in [5, 5.41) is 9.48. The number of aromatic nitrogens is 2. The topological polar surface area (TPSA) is 104 Å². The fraction of sp³-hybridized carbons (Fsp3) is 0.211. The maximum absolute atomic E-state index is 9.48. The predicted molar refractivity (Wildman–Crippen MR) is 105 cm³/mol. The van der Waals surface area contributed by atoms with Gasteiger partial charge in [-0.1, -0.05) is 0 Å². The van der Waals surface area contributed by atoms with Crippen LogP contribution in [-0.4, -0.2) is 36.0 Å². The van der Waals surface area contributed by atoms with E-state index in [0.29, 0.717) is 22.8 Å². The number of nitrogen functional groups attached to an aromatic ring is 1. The molecule has 1 fully saturated rings. The lowest BCUT2D eigenvalue weighted by Crippen LogP contribution is -2.20. The van der Waals surface area contributed by atoms with Crippen LogP contribution in [0.2, 0.25) is 0 Å². The van der Waals surface area contributed by atoms with Crippen LogP contribution in [-0.2, 0) is 0 Å². The molecule has 2 N–H and O–H groups in total. The molecule has 1 saturated heterocycles. The summed E-state index contributed by atoms with van der Waals surface area (Å²) < 4.78 is 0. The van der Waals surface area contributed by atoms with Crippen molar-refractivity contribution in [3.05, 3.63) is 47.8 Å². The van der Waals surface area contributed by atoms with Crippen LogP contribution >= 0.6 is 0 Å². The van der Waals surface area contributed by atoms with Crippen LogP contribution in [0.5, 0.6) is 0 Å². The van der Waals surface area contributed by atoms with Crippen LogP contribution in [0.4, 0.5) is 17.3 Å². The lowest BCUT2D eigenvalue weighted by molar-refractivity contribution is 0.933. The molecule has 3 heterocycles. The molecule has 0 spiro atoms. The molecule has 7 nitrogen and oxygen atoms in total. The first-order valence-electron chi connectivity index (χ1n) is 8.29. The maximum atomic E-state index is 9.48. The minimum Gasteiger partial charge on any atom is -0.384 e. The Kier molecular flexibility index (Phi) is 5.34. The van der Waals surface area contributed by atoms with Gasteiger partial charge >= 0.3 is 0 Å². The zero-order valence-corrected chi connectivity index (χ0v) is 14.3. The smallest absolute Gasteiger partial charge is 0.146 e. The van der Waals surface area contributed by atoms with Crippen molar-refractivity contribution in [2.45, 2.75) is 12.8 Å². The zero-order chi connectivity index (χ0) is 18.4. The SMILES string of the molecule is C=N/C(=C\C=Nc1ccc(N)nc1)c1cnc(N2CCCC2)c(C#N)c1. The molecular weight excluding hydrogens is 326 g/mol. The number of allylic oxidation sites excluding steroid dienone is 1. The standard InChI is InChI=1S/C19H19N7/c1-22-17(6-7-23-16-4-5-18(21)24-13-16)15-10-14(11-20)19(25-12-15)26-8-2-3-9-26/h4-7,10,12-13H,1-3,8-9H2,(H2,21,24)/b17-6-,23-7?. The van der Waals surface area contributed by atoms with Gasteiger partial charge in [0.1, 0.15) is 17.7 Å². The second kappa shape index (κ2) is 8.03. The second-order valence-corrected chi connectivity index (χ2v) is 5.83. The van der Waals surface area contributed by atoms with Crippen molar-refractivity contribution < 1.29 is 0 Å². The molecule has 0 saturated carbocycles. The minimum absolute atomic E-state index is 0.445. The van der Waals surface area contributed by atoms with Gasteiger partial charge in [0.25, 0.3) is 0 Å². The molecule has 3 rings (SSSR count). The average Bonchev–Trinajstić information content (AvgIpc) is 3.21. The molecule has 0 unspecified atom stereocenters. The molecule has 7 heteroatoms. The Balaban J connectivity index is 1.84. The number of hydrogen-bond acceptors (Lipinski definition) is 7. The summed E-state index contributed by atoms with van der Waals surface area (Å²) in [5.41, 5.74) is 8.09. The van der Waals surface area contributed by atoms with E-state index in [1.165, 1.54) is 0 Å². The van der Waals surface area contributed by atoms with Crippen LogP contribution in [0.25, 0.3) is 5.70 Å². The van der Waals surface area contributed by atoms with Crippen molar-refractivity contribution in [1.82, 2.24) is 9.97 Å². The molecule has 0 aliphatic carbocycles. The van der Waals surface area contributed by atoms with Gasteiger partial charge in [0.2, 0.25) is 0 Å². The first-order chi connectivity index (χ1) is 12.7. The average molecular weight is 345 g/mol. The molecule has 1 aliphatic heterocycles. The zero-order valence-electron chi connectivity index (χ0n) is 14.3. The Labute approximate surface area is 152 Å². The van der Waals surface area contributed by atoms with E-state index in [1.807, 2.05) is 0 Å². The predicted octanol–water partition coefficient (Wildman–Crippen LogP) is 2.97. The number of anilines is 2. The molecule has 130 valence electrons. The van der Waals surface area contributed by atoms with E-state index in [1.54, 1.807) is 42.9 Å².